The maximum absolute atomic E-state index is 14.0. The summed E-state index contributed by atoms with van der Waals surface area (Å²) in [5.41, 5.74) is 1.32. The van der Waals surface area contributed by atoms with Gasteiger partial charge in [0, 0.05) is 19.6 Å². The second-order valence-electron chi connectivity index (χ2n) is 7.48. The number of esters is 1. The minimum Gasteiger partial charge on any atom is -0.488 e. The van der Waals surface area contributed by atoms with Gasteiger partial charge in [-0.25, -0.2) is 19.2 Å². The number of nitrogens with zero attached hydrogens (tertiary/aromatic N) is 2. The molecule has 1 aliphatic rings. The van der Waals surface area contributed by atoms with Gasteiger partial charge in [-0.1, -0.05) is 0 Å². The zero-order valence-corrected chi connectivity index (χ0v) is 18.4. The van der Waals surface area contributed by atoms with Crippen LogP contribution in [0.1, 0.15) is 40.9 Å². The number of fused-ring (bicyclic) bond motifs is 1. The minimum atomic E-state index is -0.415. The Morgan fingerprint density at radius 2 is 2.03 bits per heavy atom. The number of hydrogen-bond acceptors (Lipinski definition) is 8. The average molecular weight is 446 g/mol. The summed E-state index contributed by atoms with van der Waals surface area (Å²) in [6, 6.07) is 4.36. The molecule has 2 aromatic heterocycles. The molecule has 0 amide bonds. The zero-order valence-electron chi connectivity index (χ0n) is 17.6. The van der Waals surface area contributed by atoms with Crippen molar-refractivity contribution in [2.75, 3.05) is 19.5 Å². The Balaban J connectivity index is 1.66. The Labute approximate surface area is 183 Å². The van der Waals surface area contributed by atoms with E-state index in [0.717, 1.165) is 36.6 Å². The van der Waals surface area contributed by atoms with E-state index in [9.17, 15) is 9.18 Å². The number of halogens is 1. The second kappa shape index (κ2) is 9.15. The average Bonchev–Trinajstić information content (AvgIpc) is 3.12. The molecule has 0 aliphatic heterocycles. The number of aromatic nitrogens is 2. The van der Waals surface area contributed by atoms with Crippen LogP contribution in [0.4, 0.5) is 15.9 Å². The lowest BCUT2D eigenvalue weighted by molar-refractivity contribution is 0.0211. The second-order valence-corrected chi connectivity index (χ2v) is 8.48. The summed E-state index contributed by atoms with van der Waals surface area (Å²) < 4.78 is 30.5. The van der Waals surface area contributed by atoms with Crippen LogP contribution in [0.25, 0.3) is 10.2 Å². The van der Waals surface area contributed by atoms with Gasteiger partial charge < -0.3 is 19.5 Å². The molecule has 1 fully saturated rings. The van der Waals surface area contributed by atoms with E-state index in [1.807, 2.05) is 6.92 Å². The Morgan fingerprint density at radius 3 is 2.81 bits per heavy atom. The molecule has 2 unspecified atom stereocenters. The largest absolute Gasteiger partial charge is 0.488 e. The van der Waals surface area contributed by atoms with Crippen LogP contribution >= 0.6 is 11.3 Å². The number of methoxy groups -OCH3 is 2. The van der Waals surface area contributed by atoms with Crippen molar-refractivity contribution < 1.29 is 23.4 Å². The third-order valence-corrected chi connectivity index (χ3v) is 6.68. The van der Waals surface area contributed by atoms with E-state index in [2.05, 4.69) is 15.3 Å². The van der Waals surface area contributed by atoms with E-state index in [0.29, 0.717) is 27.0 Å². The lowest BCUT2D eigenvalue weighted by Crippen LogP contribution is -2.29. The fraction of sp³-hybridized carbons (Fsp3) is 0.409. The SMILES string of the molecule is COC(=O)c1sc2ncnc(Nc3ccc(F)cc3OC3CCCC(OC)C3)c2c1C. The molecule has 2 heterocycles. The number of carbonyl (C=O) groups is 1. The number of hydrogen-bond donors (Lipinski definition) is 1. The fourth-order valence-electron chi connectivity index (χ4n) is 3.88. The van der Waals surface area contributed by atoms with Gasteiger partial charge in [0.2, 0.25) is 0 Å². The molecule has 1 aromatic carbocycles. The van der Waals surface area contributed by atoms with Crippen molar-refractivity contribution in [3.05, 3.63) is 40.8 Å². The number of nitrogens with one attached hydrogen (secondary N) is 1. The molecule has 164 valence electrons. The summed E-state index contributed by atoms with van der Waals surface area (Å²) in [7, 11) is 3.05. The minimum absolute atomic E-state index is 0.0553. The van der Waals surface area contributed by atoms with Gasteiger partial charge in [0.1, 0.15) is 39.5 Å². The van der Waals surface area contributed by atoms with Crippen molar-refractivity contribution in [3.8, 4) is 5.75 Å². The van der Waals surface area contributed by atoms with Crippen LogP contribution < -0.4 is 10.1 Å². The Kier molecular flexibility index (Phi) is 6.33. The third-order valence-electron chi connectivity index (χ3n) is 5.50. The van der Waals surface area contributed by atoms with Gasteiger partial charge in [-0.05, 0) is 43.9 Å². The molecule has 1 saturated carbocycles. The summed E-state index contributed by atoms with van der Waals surface area (Å²) in [6.07, 6.45) is 5.17. The van der Waals surface area contributed by atoms with Gasteiger partial charge >= 0.3 is 5.97 Å². The smallest absolute Gasteiger partial charge is 0.348 e. The lowest BCUT2D eigenvalue weighted by atomic mass is 9.95. The quantitative estimate of drug-likeness (QED) is 0.534. The van der Waals surface area contributed by atoms with Crippen LogP contribution in [0.5, 0.6) is 5.75 Å². The Hall–Kier alpha value is -2.78. The predicted octanol–water partition coefficient (Wildman–Crippen LogP) is 5.01. The predicted molar refractivity (Wildman–Crippen MR) is 117 cm³/mol. The van der Waals surface area contributed by atoms with Crippen molar-refractivity contribution in [2.24, 2.45) is 0 Å². The zero-order chi connectivity index (χ0) is 22.0. The monoisotopic (exact) mass is 445 g/mol. The first kappa shape index (κ1) is 21.5. The molecule has 0 spiro atoms. The summed E-state index contributed by atoms with van der Waals surface area (Å²) in [4.78, 5) is 21.9. The number of carbonyl (C=O) groups excluding carboxylic acids is 1. The summed E-state index contributed by atoms with van der Waals surface area (Å²) >= 11 is 1.25. The van der Waals surface area contributed by atoms with E-state index in [1.54, 1.807) is 13.2 Å². The summed E-state index contributed by atoms with van der Waals surface area (Å²) in [6.45, 7) is 1.83. The number of rotatable bonds is 6. The van der Waals surface area contributed by atoms with E-state index < -0.39 is 5.97 Å². The normalized spacial score (nSPS) is 18.7. The number of benzene rings is 1. The van der Waals surface area contributed by atoms with E-state index >= 15 is 0 Å². The highest BCUT2D eigenvalue weighted by Crippen LogP contribution is 2.37. The lowest BCUT2D eigenvalue weighted by Gasteiger charge is -2.29. The maximum atomic E-state index is 14.0. The molecular weight excluding hydrogens is 421 g/mol. The van der Waals surface area contributed by atoms with Gasteiger partial charge in [0.05, 0.1) is 24.3 Å². The maximum Gasteiger partial charge on any atom is 0.348 e. The molecule has 0 bridgehead atoms. The van der Waals surface area contributed by atoms with E-state index in [4.69, 9.17) is 14.2 Å². The molecule has 2 atom stereocenters. The molecule has 9 heteroatoms. The number of anilines is 2. The first-order chi connectivity index (χ1) is 15.0. The highest BCUT2D eigenvalue weighted by molar-refractivity contribution is 7.20. The topological polar surface area (TPSA) is 82.6 Å². The van der Waals surface area contributed by atoms with Crippen LogP contribution in [0.15, 0.2) is 24.5 Å². The molecule has 0 saturated heterocycles. The van der Waals surface area contributed by atoms with Crippen LogP contribution in [-0.4, -0.2) is 42.4 Å². The highest BCUT2D eigenvalue weighted by atomic mass is 32.1. The molecule has 3 aromatic rings. The summed E-state index contributed by atoms with van der Waals surface area (Å²) in [5.74, 6) is 0.132. The Morgan fingerprint density at radius 1 is 1.23 bits per heavy atom. The molecule has 1 aliphatic carbocycles. The first-order valence-electron chi connectivity index (χ1n) is 10.1. The summed E-state index contributed by atoms with van der Waals surface area (Å²) in [5, 5.41) is 3.97. The third kappa shape index (κ3) is 4.47. The molecule has 1 N–H and O–H groups in total. The van der Waals surface area contributed by atoms with Crippen molar-refractivity contribution in [1.82, 2.24) is 9.97 Å². The first-order valence-corrected chi connectivity index (χ1v) is 10.9. The van der Waals surface area contributed by atoms with Gasteiger partial charge in [-0.2, -0.15) is 0 Å². The van der Waals surface area contributed by atoms with Gasteiger partial charge in [0.25, 0.3) is 0 Å². The standard InChI is InChI=1S/C22H24FN3O4S/c1-12-18-20(24-11-25-21(18)31-19(12)22(27)29-3)26-16-8-7-13(23)9-17(16)30-15-6-4-5-14(10-15)28-2/h7-9,11,14-15H,4-6,10H2,1-3H3,(H,24,25,26). The number of ether oxygens (including phenoxy) is 3. The van der Waals surface area contributed by atoms with Crippen molar-refractivity contribution in [3.63, 3.8) is 0 Å². The van der Waals surface area contributed by atoms with Crippen LogP contribution in [0.2, 0.25) is 0 Å². The van der Waals surface area contributed by atoms with E-state index in [1.165, 1.54) is 36.9 Å². The van der Waals surface area contributed by atoms with Gasteiger partial charge in [-0.3, -0.25) is 0 Å². The van der Waals surface area contributed by atoms with E-state index in [-0.39, 0.29) is 18.0 Å². The van der Waals surface area contributed by atoms with Crippen LogP contribution in [0.3, 0.4) is 0 Å². The molecule has 31 heavy (non-hydrogen) atoms. The highest BCUT2D eigenvalue weighted by Gasteiger charge is 2.25. The number of aryl methyl sites for hydroxylation is 1. The van der Waals surface area contributed by atoms with Crippen LogP contribution in [0, 0.1) is 12.7 Å². The van der Waals surface area contributed by atoms with Gasteiger partial charge in [0.15, 0.2) is 0 Å². The Bertz CT molecular complexity index is 1100. The van der Waals surface area contributed by atoms with Gasteiger partial charge in [-0.15, -0.1) is 11.3 Å². The van der Waals surface area contributed by atoms with Crippen molar-refractivity contribution in [1.29, 1.82) is 0 Å². The molecule has 4 rings (SSSR count). The fourth-order valence-corrected chi connectivity index (χ4v) is 4.95. The van der Waals surface area contributed by atoms with Crippen molar-refractivity contribution >= 4 is 39.0 Å². The van der Waals surface area contributed by atoms with Crippen molar-refractivity contribution in [2.45, 2.75) is 44.8 Å². The molecular formula is C22H24FN3O4S. The number of thiophene rings is 1. The van der Waals surface area contributed by atoms with Crippen LogP contribution in [-0.2, 0) is 9.47 Å². The molecule has 7 nitrogen and oxygen atoms in total. The molecule has 0 radical (unpaired) electrons.